The van der Waals surface area contributed by atoms with Crippen molar-refractivity contribution in [1.82, 2.24) is 19.4 Å². The quantitative estimate of drug-likeness (QED) is 0.312. The van der Waals surface area contributed by atoms with Crippen molar-refractivity contribution in [3.63, 3.8) is 0 Å². The van der Waals surface area contributed by atoms with Gasteiger partial charge >= 0.3 is 0 Å². The Morgan fingerprint density at radius 1 is 1.63 bits per heavy atom. The molecule has 19 heavy (non-hydrogen) atoms. The number of anilines is 1. The van der Waals surface area contributed by atoms with Gasteiger partial charge in [0.2, 0.25) is 0 Å². The molecule has 0 spiro atoms. The van der Waals surface area contributed by atoms with E-state index in [1.54, 1.807) is 14.0 Å². The Morgan fingerprint density at radius 3 is 2.95 bits per heavy atom. The minimum absolute atomic E-state index is 0.137. The lowest BCUT2D eigenvalue weighted by atomic mass is 10.3. The van der Waals surface area contributed by atoms with Crippen LogP contribution in [0.25, 0.3) is 0 Å². The lowest BCUT2D eigenvalue weighted by Gasteiger charge is -2.06. The molecular weight excluding hydrogens is 270 g/mol. The molecule has 0 unspecified atom stereocenters. The highest BCUT2D eigenvalue weighted by Gasteiger charge is 2.19. The third-order valence-electron chi connectivity index (χ3n) is 2.41. The summed E-state index contributed by atoms with van der Waals surface area (Å²) in [5, 5.41) is 21.9. The van der Waals surface area contributed by atoms with Gasteiger partial charge in [0.05, 0.1) is 17.5 Å². The number of rotatable bonds is 3. The van der Waals surface area contributed by atoms with E-state index >= 15 is 0 Å². The van der Waals surface area contributed by atoms with Crippen molar-refractivity contribution in [2.75, 3.05) is 5.32 Å². The third kappa shape index (κ3) is 2.38. The minimum Gasteiger partial charge on any atom is -0.409 e. The van der Waals surface area contributed by atoms with Crippen LogP contribution in [0.3, 0.4) is 0 Å². The number of oxime groups is 1. The summed E-state index contributed by atoms with van der Waals surface area (Å²) in [6, 6.07) is 0. The molecule has 10 heteroatoms. The SMILES string of the molecule is Cc1nnsc1C(=O)Nc1c(C(N)=NO)cnn1C. The zero-order valence-electron chi connectivity index (χ0n) is 10.2. The van der Waals surface area contributed by atoms with E-state index in [4.69, 9.17) is 10.9 Å². The van der Waals surface area contributed by atoms with Crippen LogP contribution < -0.4 is 11.1 Å². The fraction of sp³-hybridized carbons (Fsp3) is 0.222. The predicted octanol–water partition coefficient (Wildman–Crippen LogP) is -0.0732. The first-order chi connectivity index (χ1) is 9.04. The van der Waals surface area contributed by atoms with Crippen LogP contribution in [0, 0.1) is 6.92 Å². The highest BCUT2D eigenvalue weighted by molar-refractivity contribution is 7.08. The zero-order chi connectivity index (χ0) is 14.0. The zero-order valence-corrected chi connectivity index (χ0v) is 11.0. The first kappa shape index (κ1) is 13.0. The highest BCUT2D eigenvalue weighted by atomic mass is 32.1. The summed E-state index contributed by atoms with van der Waals surface area (Å²) in [4.78, 5) is 12.4. The van der Waals surface area contributed by atoms with E-state index in [0.29, 0.717) is 22.0 Å². The average molecular weight is 281 g/mol. The summed E-state index contributed by atoms with van der Waals surface area (Å²) >= 11 is 0.992. The molecule has 0 aliphatic rings. The molecule has 2 heterocycles. The Labute approximate surface area is 111 Å². The number of carbonyl (C=O) groups excluding carboxylic acids is 1. The smallest absolute Gasteiger partial charge is 0.270 e. The van der Waals surface area contributed by atoms with Crippen LogP contribution in [-0.2, 0) is 7.05 Å². The van der Waals surface area contributed by atoms with Crippen LogP contribution in [0.5, 0.6) is 0 Å². The van der Waals surface area contributed by atoms with Gasteiger partial charge in [-0.25, -0.2) is 0 Å². The van der Waals surface area contributed by atoms with Gasteiger partial charge in [-0.15, -0.1) is 5.10 Å². The predicted molar refractivity (Wildman–Crippen MR) is 68.3 cm³/mol. The summed E-state index contributed by atoms with van der Waals surface area (Å²) in [5.41, 5.74) is 6.37. The monoisotopic (exact) mass is 281 g/mol. The molecule has 0 atom stereocenters. The first-order valence-corrected chi connectivity index (χ1v) is 5.92. The molecule has 0 saturated carbocycles. The second-order valence-corrected chi connectivity index (χ2v) is 4.41. The number of hydrogen-bond donors (Lipinski definition) is 3. The highest BCUT2D eigenvalue weighted by Crippen LogP contribution is 2.17. The van der Waals surface area contributed by atoms with E-state index in [1.165, 1.54) is 10.9 Å². The number of aryl methyl sites for hydroxylation is 2. The Balaban J connectivity index is 2.32. The molecule has 100 valence electrons. The number of carbonyl (C=O) groups is 1. The molecule has 0 aliphatic carbocycles. The van der Waals surface area contributed by atoms with Crippen molar-refractivity contribution in [2.24, 2.45) is 17.9 Å². The van der Waals surface area contributed by atoms with Crippen LogP contribution in [0.2, 0.25) is 0 Å². The summed E-state index contributed by atoms with van der Waals surface area (Å²) in [6.07, 6.45) is 1.39. The Morgan fingerprint density at radius 2 is 2.37 bits per heavy atom. The molecule has 0 aromatic carbocycles. The molecule has 9 nitrogen and oxygen atoms in total. The Kier molecular flexibility index (Phi) is 3.42. The van der Waals surface area contributed by atoms with Gasteiger partial charge in [0.1, 0.15) is 10.7 Å². The molecule has 0 saturated heterocycles. The van der Waals surface area contributed by atoms with Crippen molar-refractivity contribution in [3.8, 4) is 0 Å². The van der Waals surface area contributed by atoms with Crippen LogP contribution in [0.15, 0.2) is 11.4 Å². The molecule has 0 aliphatic heterocycles. The number of hydrogen-bond acceptors (Lipinski definition) is 7. The minimum atomic E-state index is -0.372. The molecule has 4 N–H and O–H groups in total. The summed E-state index contributed by atoms with van der Waals surface area (Å²) in [5.74, 6) is -0.182. The third-order valence-corrected chi connectivity index (χ3v) is 3.24. The van der Waals surface area contributed by atoms with Gasteiger partial charge in [-0.2, -0.15) is 5.10 Å². The van der Waals surface area contributed by atoms with Crippen molar-refractivity contribution in [2.45, 2.75) is 6.92 Å². The topological polar surface area (TPSA) is 131 Å². The Hall–Kier alpha value is -2.49. The molecule has 0 radical (unpaired) electrons. The number of nitrogens with two attached hydrogens (primary N) is 1. The summed E-state index contributed by atoms with van der Waals surface area (Å²) in [7, 11) is 1.63. The lowest BCUT2D eigenvalue weighted by Crippen LogP contribution is -2.19. The fourth-order valence-electron chi connectivity index (χ4n) is 1.43. The Bertz CT molecular complexity index is 645. The van der Waals surface area contributed by atoms with Gasteiger partial charge in [0.15, 0.2) is 5.84 Å². The van der Waals surface area contributed by atoms with E-state index < -0.39 is 0 Å². The van der Waals surface area contributed by atoms with Gasteiger partial charge in [0, 0.05) is 7.05 Å². The normalized spacial score (nSPS) is 11.6. The van der Waals surface area contributed by atoms with Crippen molar-refractivity contribution in [1.29, 1.82) is 0 Å². The molecular formula is C9H11N7O2S. The second kappa shape index (κ2) is 5.02. The van der Waals surface area contributed by atoms with Crippen molar-refractivity contribution < 1.29 is 10.0 Å². The summed E-state index contributed by atoms with van der Waals surface area (Å²) < 4.78 is 5.10. The molecule has 2 aromatic rings. The average Bonchev–Trinajstić information content (AvgIpc) is 2.96. The van der Waals surface area contributed by atoms with Crippen LogP contribution in [0.4, 0.5) is 5.82 Å². The number of aromatic nitrogens is 4. The van der Waals surface area contributed by atoms with E-state index in [9.17, 15) is 4.79 Å². The van der Waals surface area contributed by atoms with Gasteiger partial charge in [-0.05, 0) is 18.5 Å². The molecule has 0 bridgehead atoms. The molecule has 0 fully saturated rings. The van der Waals surface area contributed by atoms with E-state index in [0.717, 1.165) is 11.5 Å². The van der Waals surface area contributed by atoms with Gasteiger partial charge < -0.3 is 16.3 Å². The largest absolute Gasteiger partial charge is 0.409 e. The summed E-state index contributed by atoms with van der Waals surface area (Å²) in [6.45, 7) is 1.69. The van der Waals surface area contributed by atoms with Crippen molar-refractivity contribution in [3.05, 3.63) is 22.3 Å². The second-order valence-electron chi connectivity index (χ2n) is 3.66. The van der Waals surface area contributed by atoms with Gasteiger partial charge in [-0.3, -0.25) is 9.48 Å². The van der Waals surface area contributed by atoms with Crippen LogP contribution in [0.1, 0.15) is 20.9 Å². The lowest BCUT2D eigenvalue weighted by molar-refractivity contribution is 0.102. The number of amidine groups is 1. The van der Waals surface area contributed by atoms with E-state index in [1.807, 2.05) is 0 Å². The van der Waals surface area contributed by atoms with E-state index in [2.05, 4.69) is 25.2 Å². The van der Waals surface area contributed by atoms with Gasteiger partial charge in [0.25, 0.3) is 5.91 Å². The fourth-order valence-corrected chi connectivity index (χ4v) is 1.98. The van der Waals surface area contributed by atoms with Crippen LogP contribution in [-0.4, -0.2) is 36.3 Å². The van der Waals surface area contributed by atoms with E-state index in [-0.39, 0.29) is 11.7 Å². The maximum atomic E-state index is 12.0. The molecule has 2 rings (SSSR count). The maximum Gasteiger partial charge on any atom is 0.270 e. The van der Waals surface area contributed by atoms with Crippen LogP contribution >= 0.6 is 11.5 Å². The first-order valence-electron chi connectivity index (χ1n) is 5.14. The molecule has 2 aromatic heterocycles. The number of nitrogens with zero attached hydrogens (tertiary/aromatic N) is 5. The van der Waals surface area contributed by atoms with Crippen molar-refractivity contribution >= 4 is 29.1 Å². The van der Waals surface area contributed by atoms with Gasteiger partial charge in [-0.1, -0.05) is 9.64 Å². The molecule has 1 amide bonds. The standard InChI is InChI=1S/C9H11N7O2S/c1-4-6(19-15-13-4)9(17)12-8-5(7(10)14-18)3-11-16(8)2/h3,18H,1-2H3,(H2,10,14)(H,12,17). The number of nitrogens with one attached hydrogen (secondary N) is 1. The maximum absolute atomic E-state index is 12.0. The number of amides is 1.